The second kappa shape index (κ2) is 6.79. The summed E-state index contributed by atoms with van der Waals surface area (Å²) in [7, 11) is -3.46. The Morgan fingerprint density at radius 2 is 1.73 bits per heavy atom. The largest absolute Gasteiger partial charge is 0.335 e. The Morgan fingerprint density at radius 3 is 2.46 bits per heavy atom. The van der Waals surface area contributed by atoms with Crippen molar-refractivity contribution in [2.75, 3.05) is 26.2 Å². The molecule has 1 aliphatic heterocycles. The number of piperazine rings is 1. The molecule has 3 aromatic rings. The van der Waals surface area contributed by atoms with Crippen LogP contribution in [-0.4, -0.2) is 54.7 Å². The molecule has 1 aromatic carbocycles. The molecule has 1 amide bonds. The van der Waals surface area contributed by atoms with E-state index in [1.54, 1.807) is 28.5 Å². The highest BCUT2D eigenvalue weighted by Gasteiger charge is 2.31. The second-order valence-electron chi connectivity index (χ2n) is 6.02. The molecule has 2 aromatic heterocycles. The van der Waals surface area contributed by atoms with E-state index in [0.29, 0.717) is 36.1 Å². The van der Waals surface area contributed by atoms with Crippen LogP contribution in [-0.2, 0) is 10.0 Å². The standard InChI is InChI=1S/C18H17N3O3S2/c22-18(16-8-7-14-4-1-2-5-15(14)19-16)20-9-11-21(12-10-20)26(23,24)17-6-3-13-25-17/h1-8,13H,9-12H2. The Bertz CT molecular complexity index is 1040. The third-order valence-corrected chi connectivity index (χ3v) is 7.70. The lowest BCUT2D eigenvalue weighted by atomic mass is 10.2. The van der Waals surface area contributed by atoms with Gasteiger partial charge >= 0.3 is 0 Å². The summed E-state index contributed by atoms with van der Waals surface area (Å²) in [6.45, 7) is 1.30. The van der Waals surface area contributed by atoms with Gasteiger partial charge in [0.15, 0.2) is 0 Å². The number of nitrogens with zero attached hydrogens (tertiary/aromatic N) is 3. The summed E-state index contributed by atoms with van der Waals surface area (Å²) < 4.78 is 26.9. The maximum atomic E-state index is 12.7. The summed E-state index contributed by atoms with van der Waals surface area (Å²) in [5, 5.41) is 2.73. The Kier molecular flexibility index (Phi) is 4.47. The molecule has 0 bridgehead atoms. The van der Waals surface area contributed by atoms with Gasteiger partial charge in [-0.15, -0.1) is 11.3 Å². The normalized spacial score (nSPS) is 16.1. The third kappa shape index (κ3) is 3.11. The predicted octanol–water partition coefficient (Wildman–Crippen LogP) is 2.44. The number of para-hydroxylation sites is 1. The summed E-state index contributed by atoms with van der Waals surface area (Å²) in [5.41, 5.74) is 1.16. The molecule has 0 spiro atoms. The van der Waals surface area contributed by atoms with Crippen LogP contribution in [0.4, 0.5) is 0 Å². The molecule has 0 aliphatic carbocycles. The minimum Gasteiger partial charge on any atom is -0.335 e. The minimum atomic E-state index is -3.46. The number of fused-ring (bicyclic) bond motifs is 1. The van der Waals surface area contributed by atoms with Gasteiger partial charge < -0.3 is 4.90 Å². The van der Waals surface area contributed by atoms with E-state index in [0.717, 1.165) is 10.9 Å². The number of hydrogen-bond donors (Lipinski definition) is 0. The number of pyridine rings is 1. The molecule has 0 saturated carbocycles. The van der Waals surface area contributed by atoms with E-state index >= 15 is 0 Å². The van der Waals surface area contributed by atoms with Crippen molar-refractivity contribution in [3.63, 3.8) is 0 Å². The first-order valence-corrected chi connectivity index (χ1v) is 10.6. The summed E-state index contributed by atoms with van der Waals surface area (Å²) in [6.07, 6.45) is 0. The quantitative estimate of drug-likeness (QED) is 0.692. The first-order valence-electron chi connectivity index (χ1n) is 8.24. The summed E-state index contributed by atoms with van der Waals surface area (Å²) in [4.78, 5) is 18.8. The molecule has 4 rings (SSSR count). The molecule has 0 atom stereocenters. The van der Waals surface area contributed by atoms with Crippen LogP contribution in [0.15, 0.2) is 58.1 Å². The van der Waals surface area contributed by atoms with Gasteiger partial charge in [-0.05, 0) is 23.6 Å². The van der Waals surface area contributed by atoms with Crippen molar-refractivity contribution >= 4 is 38.2 Å². The average molecular weight is 387 g/mol. The fourth-order valence-corrected chi connectivity index (χ4v) is 5.58. The van der Waals surface area contributed by atoms with Crippen molar-refractivity contribution < 1.29 is 13.2 Å². The van der Waals surface area contributed by atoms with E-state index in [1.807, 2.05) is 30.3 Å². The number of aromatic nitrogens is 1. The predicted molar refractivity (Wildman–Crippen MR) is 101 cm³/mol. The second-order valence-corrected chi connectivity index (χ2v) is 9.13. The average Bonchev–Trinajstić information content (AvgIpc) is 3.23. The highest BCUT2D eigenvalue weighted by Crippen LogP contribution is 2.22. The monoisotopic (exact) mass is 387 g/mol. The van der Waals surface area contributed by atoms with Crippen LogP contribution in [0.5, 0.6) is 0 Å². The molecule has 8 heteroatoms. The molecule has 0 radical (unpaired) electrons. The lowest BCUT2D eigenvalue weighted by Gasteiger charge is -2.33. The summed E-state index contributed by atoms with van der Waals surface area (Å²) in [5.74, 6) is -0.163. The number of carbonyl (C=O) groups is 1. The van der Waals surface area contributed by atoms with Gasteiger partial charge in [0.25, 0.3) is 15.9 Å². The van der Waals surface area contributed by atoms with Crippen LogP contribution < -0.4 is 0 Å². The first-order chi connectivity index (χ1) is 12.6. The molecule has 134 valence electrons. The number of benzene rings is 1. The maximum absolute atomic E-state index is 12.7. The molecule has 0 N–H and O–H groups in total. The van der Waals surface area contributed by atoms with Gasteiger partial charge in [-0.3, -0.25) is 4.79 Å². The maximum Gasteiger partial charge on any atom is 0.272 e. The molecular weight excluding hydrogens is 370 g/mol. The van der Waals surface area contributed by atoms with Gasteiger partial charge in [-0.2, -0.15) is 4.31 Å². The van der Waals surface area contributed by atoms with Gasteiger partial charge in [-0.25, -0.2) is 13.4 Å². The molecule has 1 fully saturated rings. The van der Waals surface area contributed by atoms with Crippen molar-refractivity contribution in [2.24, 2.45) is 0 Å². The third-order valence-electron chi connectivity index (χ3n) is 4.43. The van der Waals surface area contributed by atoms with Crippen molar-refractivity contribution in [1.82, 2.24) is 14.2 Å². The van der Waals surface area contributed by atoms with Crippen LogP contribution in [0.25, 0.3) is 10.9 Å². The molecule has 0 unspecified atom stereocenters. The number of carbonyl (C=O) groups excluding carboxylic acids is 1. The van der Waals surface area contributed by atoms with Gasteiger partial charge in [0.1, 0.15) is 9.90 Å². The lowest BCUT2D eigenvalue weighted by Crippen LogP contribution is -2.50. The summed E-state index contributed by atoms with van der Waals surface area (Å²) >= 11 is 1.21. The fraction of sp³-hybridized carbons (Fsp3) is 0.222. The Labute approximate surface area is 155 Å². The number of hydrogen-bond acceptors (Lipinski definition) is 5. The van der Waals surface area contributed by atoms with Crippen molar-refractivity contribution in [3.05, 3.63) is 59.6 Å². The van der Waals surface area contributed by atoms with E-state index in [2.05, 4.69) is 4.98 Å². The number of amides is 1. The molecule has 3 heterocycles. The van der Waals surface area contributed by atoms with Crippen LogP contribution in [0, 0.1) is 0 Å². The van der Waals surface area contributed by atoms with E-state index in [4.69, 9.17) is 0 Å². The SMILES string of the molecule is O=C(c1ccc2ccccc2n1)N1CCN(S(=O)(=O)c2cccs2)CC1. The zero-order valence-electron chi connectivity index (χ0n) is 13.9. The molecular formula is C18H17N3O3S2. The van der Waals surface area contributed by atoms with Gasteiger partial charge in [0, 0.05) is 31.6 Å². The van der Waals surface area contributed by atoms with Crippen LogP contribution in [0.1, 0.15) is 10.5 Å². The highest BCUT2D eigenvalue weighted by molar-refractivity contribution is 7.91. The number of thiophene rings is 1. The van der Waals surface area contributed by atoms with Gasteiger partial charge in [0.05, 0.1) is 5.52 Å². The minimum absolute atomic E-state index is 0.163. The van der Waals surface area contributed by atoms with Gasteiger partial charge in [-0.1, -0.05) is 30.3 Å². The summed E-state index contributed by atoms with van der Waals surface area (Å²) in [6, 6.07) is 14.6. The number of sulfonamides is 1. The van der Waals surface area contributed by atoms with Crippen LogP contribution >= 0.6 is 11.3 Å². The smallest absolute Gasteiger partial charge is 0.272 e. The van der Waals surface area contributed by atoms with Crippen molar-refractivity contribution in [1.29, 1.82) is 0 Å². The van der Waals surface area contributed by atoms with Gasteiger partial charge in [0.2, 0.25) is 0 Å². The van der Waals surface area contributed by atoms with E-state index < -0.39 is 10.0 Å². The highest BCUT2D eigenvalue weighted by atomic mass is 32.2. The zero-order valence-corrected chi connectivity index (χ0v) is 15.5. The van der Waals surface area contributed by atoms with Crippen LogP contribution in [0.2, 0.25) is 0 Å². The van der Waals surface area contributed by atoms with Crippen molar-refractivity contribution in [3.8, 4) is 0 Å². The molecule has 1 saturated heterocycles. The molecule has 1 aliphatic rings. The Morgan fingerprint density at radius 1 is 0.962 bits per heavy atom. The topological polar surface area (TPSA) is 70.6 Å². The zero-order chi connectivity index (χ0) is 18.1. The number of rotatable bonds is 3. The van der Waals surface area contributed by atoms with E-state index in [1.165, 1.54) is 15.6 Å². The van der Waals surface area contributed by atoms with E-state index in [9.17, 15) is 13.2 Å². The Hall–Kier alpha value is -2.29. The molecule has 26 heavy (non-hydrogen) atoms. The van der Waals surface area contributed by atoms with Crippen LogP contribution in [0.3, 0.4) is 0 Å². The van der Waals surface area contributed by atoms with Crippen molar-refractivity contribution in [2.45, 2.75) is 4.21 Å². The Balaban J connectivity index is 1.48. The lowest BCUT2D eigenvalue weighted by molar-refractivity contribution is 0.0692. The fourth-order valence-electron chi connectivity index (χ4n) is 3.02. The first kappa shape index (κ1) is 17.1. The molecule has 6 nitrogen and oxygen atoms in total. The van der Waals surface area contributed by atoms with E-state index in [-0.39, 0.29) is 5.91 Å².